The van der Waals surface area contributed by atoms with Gasteiger partial charge in [-0.1, -0.05) is 18.2 Å². The maximum atomic E-state index is 12.9. The van der Waals surface area contributed by atoms with Gasteiger partial charge in [-0.2, -0.15) is 0 Å². The first kappa shape index (κ1) is 20.2. The molecule has 0 saturated heterocycles. The Morgan fingerprint density at radius 3 is 2.41 bits per heavy atom. The minimum absolute atomic E-state index is 0.0389. The molecule has 0 bridgehead atoms. The molecule has 0 radical (unpaired) electrons. The van der Waals surface area contributed by atoms with Gasteiger partial charge >= 0.3 is 5.97 Å². The summed E-state index contributed by atoms with van der Waals surface area (Å²) >= 11 is 0. The van der Waals surface area contributed by atoms with Gasteiger partial charge in [0, 0.05) is 18.2 Å². The first-order chi connectivity index (χ1) is 12.9. The summed E-state index contributed by atoms with van der Waals surface area (Å²) < 4.78 is 28.4. The van der Waals surface area contributed by atoms with Crippen LogP contribution in [0.1, 0.15) is 18.1 Å². The summed E-state index contributed by atoms with van der Waals surface area (Å²) in [5.74, 6) is -0.226. The van der Waals surface area contributed by atoms with Crippen LogP contribution in [-0.4, -0.2) is 32.2 Å². The molecule has 0 aliphatic heterocycles. The highest BCUT2D eigenvalue weighted by Crippen LogP contribution is 2.25. The van der Waals surface area contributed by atoms with E-state index in [-0.39, 0.29) is 18.8 Å². The number of carbonyl (C=O) groups excluding carboxylic acids is 2. The Balaban J connectivity index is 1.87. The van der Waals surface area contributed by atoms with E-state index in [0.717, 1.165) is 5.56 Å². The van der Waals surface area contributed by atoms with Gasteiger partial charge in [-0.15, -0.1) is 0 Å². The second-order valence-electron chi connectivity index (χ2n) is 5.83. The second kappa shape index (κ2) is 9.56. The SMILES string of the molecule is COc1ccc(CC(=O)O[C@H](C)C(=O)NCc2ccc(F)cc2)c(OC)c1. The minimum Gasteiger partial charge on any atom is -0.497 e. The fourth-order valence-electron chi connectivity index (χ4n) is 2.38. The molecule has 0 saturated carbocycles. The Bertz CT molecular complexity index is 791. The number of halogens is 1. The van der Waals surface area contributed by atoms with E-state index < -0.39 is 18.0 Å². The number of methoxy groups -OCH3 is 2. The van der Waals surface area contributed by atoms with Crippen molar-refractivity contribution >= 4 is 11.9 Å². The van der Waals surface area contributed by atoms with Crippen LogP contribution in [0.3, 0.4) is 0 Å². The van der Waals surface area contributed by atoms with Crippen molar-refractivity contribution in [3.8, 4) is 11.5 Å². The van der Waals surface area contributed by atoms with E-state index in [4.69, 9.17) is 14.2 Å². The molecule has 144 valence electrons. The molecule has 1 amide bonds. The van der Waals surface area contributed by atoms with Gasteiger partial charge in [0.2, 0.25) is 0 Å². The fourth-order valence-corrected chi connectivity index (χ4v) is 2.38. The molecular weight excluding hydrogens is 353 g/mol. The van der Waals surface area contributed by atoms with Crippen LogP contribution in [0.5, 0.6) is 11.5 Å². The average Bonchev–Trinajstić information content (AvgIpc) is 2.67. The normalized spacial score (nSPS) is 11.4. The van der Waals surface area contributed by atoms with Crippen molar-refractivity contribution in [2.24, 2.45) is 0 Å². The number of esters is 1. The van der Waals surface area contributed by atoms with E-state index in [1.165, 1.54) is 33.3 Å². The first-order valence-electron chi connectivity index (χ1n) is 8.35. The first-order valence-corrected chi connectivity index (χ1v) is 8.35. The standard InChI is InChI=1S/C20H22FNO5/c1-13(20(24)22-12-14-4-7-16(21)8-5-14)27-19(23)10-15-6-9-17(25-2)11-18(15)26-3/h4-9,11,13H,10,12H2,1-3H3,(H,22,24)/t13-/m1/s1. The Hall–Kier alpha value is -3.09. The largest absolute Gasteiger partial charge is 0.497 e. The molecule has 1 atom stereocenters. The van der Waals surface area contributed by atoms with Gasteiger partial charge in [-0.3, -0.25) is 9.59 Å². The highest BCUT2D eigenvalue weighted by molar-refractivity contribution is 5.84. The van der Waals surface area contributed by atoms with E-state index in [0.29, 0.717) is 17.1 Å². The number of hydrogen-bond donors (Lipinski definition) is 1. The second-order valence-corrected chi connectivity index (χ2v) is 5.83. The van der Waals surface area contributed by atoms with E-state index in [1.807, 2.05) is 0 Å². The molecule has 2 rings (SSSR count). The third-order valence-electron chi connectivity index (χ3n) is 3.89. The molecule has 0 aromatic heterocycles. The summed E-state index contributed by atoms with van der Waals surface area (Å²) in [6, 6.07) is 10.9. The Morgan fingerprint density at radius 2 is 1.78 bits per heavy atom. The predicted octanol–water partition coefficient (Wildman–Crippen LogP) is 2.63. The summed E-state index contributed by atoms with van der Waals surface area (Å²) in [7, 11) is 3.03. The third kappa shape index (κ3) is 5.99. The van der Waals surface area contributed by atoms with Crippen LogP contribution in [0, 0.1) is 5.82 Å². The van der Waals surface area contributed by atoms with Crippen molar-refractivity contribution in [3.63, 3.8) is 0 Å². The summed E-state index contributed by atoms with van der Waals surface area (Å²) in [5.41, 5.74) is 1.37. The molecular formula is C20H22FNO5. The zero-order chi connectivity index (χ0) is 19.8. The Labute approximate surface area is 157 Å². The smallest absolute Gasteiger partial charge is 0.311 e. The van der Waals surface area contributed by atoms with Crippen LogP contribution in [0.2, 0.25) is 0 Å². The molecule has 0 heterocycles. The number of amides is 1. The van der Waals surface area contributed by atoms with Gasteiger partial charge in [0.25, 0.3) is 5.91 Å². The van der Waals surface area contributed by atoms with Crippen LogP contribution < -0.4 is 14.8 Å². The van der Waals surface area contributed by atoms with Gasteiger partial charge in [-0.05, 0) is 30.7 Å². The molecule has 2 aromatic rings. The van der Waals surface area contributed by atoms with E-state index >= 15 is 0 Å². The van der Waals surface area contributed by atoms with Gasteiger partial charge in [0.05, 0.1) is 20.6 Å². The number of benzene rings is 2. The van der Waals surface area contributed by atoms with Gasteiger partial charge in [-0.25, -0.2) is 4.39 Å². The van der Waals surface area contributed by atoms with Crippen molar-refractivity contribution in [1.82, 2.24) is 5.32 Å². The average molecular weight is 375 g/mol. The molecule has 0 aliphatic carbocycles. The summed E-state index contributed by atoms with van der Waals surface area (Å²) in [6.45, 7) is 1.70. The Kier molecular flexibility index (Phi) is 7.16. The van der Waals surface area contributed by atoms with E-state index in [2.05, 4.69) is 5.32 Å². The number of hydrogen-bond acceptors (Lipinski definition) is 5. The molecule has 0 spiro atoms. The molecule has 6 nitrogen and oxygen atoms in total. The summed E-state index contributed by atoms with van der Waals surface area (Å²) in [5, 5.41) is 2.65. The molecule has 0 unspecified atom stereocenters. The fraction of sp³-hybridized carbons (Fsp3) is 0.300. The van der Waals surface area contributed by atoms with Gasteiger partial charge < -0.3 is 19.5 Å². The molecule has 0 aliphatic rings. The van der Waals surface area contributed by atoms with E-state index in [9.17, 15) is 14.0 Å². The Morgan fingerprint density at radius 1 is 1.07 bits per heavy atom. The van der Waals surface area contributed by atoms with Crippen molar-refractivity contribution < 1.29 is 28.2 Å². The van der Waals surface area contributed by atoms with Crippen LogP contribution in [0.25, 0.3) is 0 Å². The maximum Gasteiger partial charge on any atom is 0.311 e. The lowest BCUT2D eigenvalue weighted by Gasteiger charge is -2.15. The van der Waals surface area contributed by atoms with Crippen molar-refractivity contribution in [1.29, 1.82) is 0 Å². The molecule has 7 heteroatoms. The monoisotopic (exact) mass is 375 g/mol. The van der Waals surface area contributed by atoms with Crippen molar-refractivity contribution in [3.05, 3.63) is 59.4 Å². The van der Waals surface area contributed by atoms with Crippen LogP contribution >= 0.6 is 0 Å². The lowest BCUT2D eigenvalue weighted by Crippen LogP contribution is -2.35. The van der Waals surface area contributed by atoms with Crippen LogP contribution in [0.15, 0.2) is 42.5 Å². The minimum atomic E-state index is -0.956. The van der Waals surface area contributed by atoms with Crippen LogP contribution in [-0.2, 0) is 27.3 Å². The van der Waals surface area contributed by atoms with E-state index in [1.54, 1.807) is 30.3 Å². The number of rotatable bonds is 8. The molecule has 1 N–H and O–H groups in total. The van der Waals surface area contributed by atoms with Gasteiger partial charge in [0.1, 0.15) is 17.3 Å². The van der Waals surface area contributed by atoms with Crippen molar-refractivity contribution in [2.45, 2.75) is 26.0 Å². The topological polar surface area (TPSA) is 73.9 Å². The summed E-state index contributed by atoms with van der Waals surface area (Å²) in [6.07, 6.45) is -0.995. The summed E-state index contributed by atoms with van der Waals surface area (Å²) in [4.78, 5) is 24.2. The quantitative estimate of drug-likeness (QED) is 0.718. The maximum absolute atomic E-state index is 12.9. The lowest BCUT2D eigenvalue weighted by molar-refractivity contribution is -0.154. The molecule has 27 heavy (non-hydrogen) atoms. The molecule has 0 fully saturated rings. The van der Waals surface area contributed by atoms with Gasteiger partial charge in [0.15, 0.2) is 6.10 Å². The number of ether oxygens (including phenoxy) is 3. The predicted molar refractivity (Wildman–Crippen MR) is 97.1 cm³/mol. The highest BCUT2D eigenvalue weighted by Gasteiger charge is 2.19. The highest BCUT2D eigenvalue weighted by atomic mass is 19.1. The lowest BCUT2D eigenvalue weighted by atomic mass is 10.1. The van der Waals surface area contributed by atoms with Crippen LogP contribution in [0.4, 0.5) is 4.39 Å². The molecule has 2 aromatic carbocycles. The zero-order valence-electron chi connectivity index (χ0n) is 15.5. The van der Waals surface area contributed by atoms with Crippen molar-refractivity contribution in [2.75, 3.05) is 14.2 Å². The number of carbonyl (C=O) groups is 2. The number of nitrogens with one attached hydrogen (secondary N) is 1. The zero-order valence-corrected chi connectivity index (χ0v) is 15.5. The third-order valence-corrected chi connectivity index (χ3v) is 3.89.